The zero-order chi connectivity index (χ0) is 8.77. The third kappa shape index (κ3) is 1.16. The first-order chi connectivity index (χ1) is 5.58. The minimum absolute atomic E-state index is 0.152. The second kappa shape index (κ2) is 2.36. The molecule has 0 radical (unpaired) electrons. The summed E-state index contributed by atoms with van der Waals surface area (Å²) in [6.45, 7) is 4.07. The van der Waals surface area contributed by atoms with Gasteiger partial charge in [0, 0.05) is 12.6 Å². The minimum atomic E-state index is -0.152. The topological polar surface area (TPSA) is 22.1 Å². The zero-order valence-corrected chi connectivity index (χ0v) is 7.85. The molecule has 0 saturated heterocycles. The van der Waals surface area contributed by atoms with E-state index in [0.29, 0.717) is 5.02 Å². The minimum Gasteiger partial charge on any atom is -0.484 e. The SMILES string of the molecule is CC1(C)Cc2nccc(Cl)c2O1. The van der Waals surface area contributed by atoms with Crippen LogP contribution in [0.1, 0.15) is 19.5 Å². The van der Waals surface area contributed by atoms with Gasteiger partial charge in [-0.15, -0.1) is 0 Å². The van der Waals surface area contributed by atoms with Crippen LogP contribution in [0.25, 0.3) is 0 Å². The number of halogens is 1. The van der Waals surface area contributed by atoms with E-state index in [1.54, 1.807) is 12.3 Å². The lowest BCUT2D eigenvalue weighted by Gasteiger charge is -2.16. The molecule has 1 aliphatic heterocycles. The van der Waals surface area contributed by atoms with Crippen molar-refractivity contribution in [1.29, 1.82) is 0 Å². The fourth-order valence-electron chi connectivity index (χ4n) is 1.41. The van der Waals surface area contributed by atoms with Crippen molar-refractivity contribution in [3.8, 4) is 5.75 Å². The second-order valence-electron chi connectivity index (χ2n) is 3.61. The lowest BCUT2D eigenvalue weighted by molar-refractivity contribution is 0.138. The van der Waals surface area contributed by atoms with Gasteiger partial charge in [0.2, 0.25) is 0 Å². The Morgan fingerprint density at radius 2 is 2.33 bits per heavy atom. The largest absolute Gasteiger partial charge is 0.484 e. The Morgan fingerprint density at radius 1 is 1.58 bits per heavy atom. The van der Waals surface area contributed by atoms with E-state index >= 15 is 0 Å². The van der Waals surface area contributed by atoms with E-state index < -0.39 is 0 Å². The molecule has 0 spiro atoms. The van der Waals surface area contributed by atoms with E-state index in [0.717, 1.165) is 17.9 Å². The number of hydrogen-bond donors (Lipinski definition) is 0. The fraction of sp³-hybridized carbons (Fsp3) is 0.444. The van der Waals surface area contributed by atoms with Gasteiger partial charge in [-0.25, -0.2) is 0 Å². The summed E-state index contributed by atoms with van der Waals surface area (Å²) in [5.74, 6) is 0.754. The van der Waals surface area contributed by atoms with E-state index in [4.69, 9.17) is 16.3 Å². The highest BCUT2D eigenvalue weighted by molar-refractivity contribution is 6.32. The van der Waals surface area contributed by atoms with Crippen molar-refractivity contribution in [3.63, 3.8) is 0 Å². The van der Waals surface area contributed by atoms with E-state index in [9.17, 15) is 0 Å². The Labute approximate surface area is 76.5 Å². The highest BCUT2D eigenvalue weighted by Gasteiger charge is 2.32. The van der Waals surface area contributed by atoms with Crippen molar-refractivity contribution >= 4 is 11.6 Å². The molecule has 0 aliphatic carbocycles. The molecule has 0 unspecified atom stereocenters. The molecule has 0 atom stereocenters. The molecule has 1 aliphatic rings. The molecule has 0 N–H and O–H groups in total. The Kier molecular flexibility index (Phi) is 1.55. The lowest BCUT2D eigenvalue weighted by Crippen LogP contribution is -2.24. The molecule has 12 heavy (non-hydrogen) atoms. The van der Waals surface area contributed by atoms with E-state index in [2.05, 4.69) is 4.98 Å². The van der Waals surface area contributed by atoms with Crippen molar-refractivity contribution in [3.05, 3.63) is 23.0 Å². The Bertz CT molecular complexity index is 322. The number of pyridine rings is 1. The third-order valence-corrected chi connectivity index (χ3v) is 2.20. The van der Waals surface area contributed by atoms with Crippen LogP contribution >= 0.6 is 11.6 Å². The maximum Gasteiger partial charge on any atom is 0.160 e. The molecule has 2 rings (SSSR count). The summed E-state index contributed by atoms with van der Waals surface area (Å²) in [5, 5.41) is 0.658. The summed E-state index contributed by atoms with van der Waals surface area (Å²) in [7, 11) is 0. The van der Waals surface area contributed by atoms with Crippen LogP contribution < -0.4 is 4.74 Å². The standard InChI is InChI=1S/C9H10ClNO/c1-9(2)5-7-8(12-9)6(10)3-4-11-7/h3-4H,5H2,1-2H3. The number of fused-ring (bicyclic) bond motifs is 1. The van der Waals surface area contributed by atoms with E-state index in [-0.39, 0.29) is 5.60 Å². The molecule has 0 saturated carbocycles. The maximum atomic E-state index is 5.93. The van der Waals surface area contributed by atoms with Gasteiger partial charge in [-0.1, -0.05) is 11.6 Å². The number of ether oxygens (including phenoxy) is 1. The molecular formula is C9H10ClNO. The second-order valence-corrected chi connectivity index (χ2v) is 4.01. The monoisotopic (exact) mass is 183 g/mol. The van der Waals surface area contributed by atoms with E-state index in [1.165, 1.54) is 0 Å². The molecule has 0 amide bonds. The molecule has 0 bridgehead atoms. The first-order valence-electron chi connectivity index (χ1n) is 3.91. The molecule has 1 aromatic heterocycles. The average Bonchev–Trinajstić information content (AvgIpc) is 2.25. The lowest BCUT2D eigenvalue weighted by atomic mass is 10.1. The number of rotatable bonds is 0. The van der Waals surface area contributed by atoms with Gasteiger partial charge in [-0.05, 0) is 19.9 Å². The summed E-state index contributed by atoms with van der Waals surface area (Å²) in [6, 6.07) is 1.75. The summed E-state index contributed by atoms with van der Waals surface area (Å²) >= 11 is 5.93. The van der Waals surface area contributed by atoms with Crippen LogP contribution in [-0.4, -0.2) is 10.6 Å². The fourth-order valence-corrected chi connectivity index (χ4v) is 1.62. The molecule has 0 fully saturated rings. The van der Waals surface area contributed by atoms with Gasteiger partial charge in [0.1, 0.15) is 5.60 Å². The van der Waals surface area contributed by atoms with Crippen molar-refractivity contribution in [2.75, 3.05) is 0 Å². The van der Waals surface area contributed by atoms with Gasteiger partial charge in [0.25, 0.3) is 0 Å². The van der Waals surface area contributed by atoms with Crippen molar-refractivity contribution in [1.82, 2.24) is 4.98 Å². The van der Waals surface area contributed by atoms with Gasteiger partial charge in [-0.2, -0.15) is 0 Å². The van der Waals surface area contributed by atoms with Gasteiger partial charge < -0.3 is 4.74 Å². The van der Waals surface area contributed by atoms with Crippen LogP contribution in [0, 0.1) is 0 Å². The summed E-state index contributed by atoms with van der Waals surface area (Å²) in [4.78, 5) is 4.21. The highest BCUT2D eigenvalue weighted by atomic mass is 35.5. The first-order valence-corrected chi connectivity index (χ1v) is 4.29. The maximum absolute atomic E-state index is 5.93. The van der Waals surface area contributed by atoms with Gasteiger partial charge in [-0.3, -0.25) is 4.98 Å². The molecule has 1 aromatic rings. The molecular weight excluding hydrogens is 174 g/mol. The van der Waals surface area contributed by atoms with Crippen LogP contribution in [0.4, 0.5) is 0 Å². The third-order valence-electron chi connectivity index (χ3n) is 1.90. The molecule has 64 valence electrons. The van der Waals surface area contributed by atoms with Crippen LogP contribution in [0.5, 0.6) is 5.75 Å². The first kappa shape index (κ1) is 7.87. The van der Waals surface area contributed by atoms with Crippen molar-refractivity contribution in [2.24, 2.45) is 0 Å². The van der Waals surface area contributed by atoms with Crippen LogP contribution in [0.15, 0.2) is 12.3 Å². The van der Waals surface area contributed by atoms with Crippen molar-refractivity contribution in [2.45, 2.75) is 25.9 Å². The van der Waals surface area contributed by atoms with Gasteiger partial charge in [0.05, 0.1) is 10.7 Å². The summed E-state index contributed by atoms with van der Waals surface area (Å²) < 4.78 is 5.63. The molecule has 2 nitrogen and oxygen atoms in total. The predicted molar refractivity (Wildman–Crippen MR) is 47.7 cm³/mol. The number of aromatic nitrogens is 1. The Balaban J connectivity index is 2.48. The molecule has 2 heterocycles. The highest BCUT2D eigenvalue weighted by Crippen LogP contribution is 2.38. The quantitative estimate of drug-likeness (QED) is 0.617. The van der Waals surface area contributed by atoms with Gasteiger partial charge >= 0.3 is 0 Å². The normalized spacial score (nSPS) is 18.6. The predicted octanol–water partition coefficient (Wildman–Crippen LogP) is 2.45. The Morgan fingerprint density at radius 3 is 3.00 bits per heavy atom. The van der Waals surface area contributed by atoms with Crippen LogP contribution in [0.2, 0.25) is 5.02 Å². The summed E-state index contributed by atoms with van der Waals surface area (Å²) in [5.41, 5.74) is 0.813. The Hall–Kier alpha value is -0.760. The zero-order valence-electron chi connectivity index (χ0n) is 7.10. The molecule has 3 heteroatoms. The van der Waals surface area contributed by atoms with Crippen LogP contribution in [0.3, 0.4) is 0 Å². The average molecular weight is 184 g/mol. The van der Waals surface area contributed by atoms with E-state index in [1.807, 2.05) is 13.8 Å². The molecule has 0 aromatic carbocycles. The van der Waals surface area contributed by atoms with Crippen LogP contribution in [-0.2, 0) is 6.42 Å². The van der Waals surface area contributed by atoms with Crippen molar-refractivity contribution < 1.29 is 4.74 Å². The number of hydrogen-bond acceptors (Lipinski definition) is 2. The smallest absolute Gasteiger partial charge is 0.160 e. The van der Waals surface area contributed by atoms with Gasteiger partial charge in [0.15, 0.2) is 5.75 Å². The number of nitrogens with zero attached hydrogens (tertiary/aromatic N) is 1. The summed E-state index contributed by atoms with van der Waals surface area (Å²) in [6.07, 6.45) is 2.55.